The molecule has 20 heavy (non-hydrogen) atoms. The maximum Gasteiger partial charge on any atom is 0.244 e. The van der Waals surface area contributed by atoms with E-state index in [9.17, 15) is 8.42 Å². The fourth-order valence-electron chi connectivity index (χ4n) is 2.12. The topological polar surface area (TPSA) is 90.7 Å². The second kappa shape index (κ2) is 6.28. The van der Waals surface area contributed by atoms with E-state index in [0.29, 0.717) is 30.2 Å². The fourth-order valence-corrected chi connectivity index (χ4v) is 3.91. The number of methoxy groups -OCH3 is 1. The van der Waals surface area contributed by atoms with Crippen LogP contribution in [0.4, 0.5) is 0 Å². The van der Waals surface area contributed by atoms with Gasteiger partial charge < -0.3 is 15.2 Å². The number of sulfonamides is 1. The van der Waals surface area contributed by atoms with Gasteiger partial charge in [-0.05, 0) is 18.6 Å². The molecule has 8 heteroatoms. The quantitative estimate of drug-likeness (QED) is 0.840. The molecule has 1 aliphatic heterocycles. The van der Waals surface area contributed by atoms with E-state index in [1.165, 1.54) is 13.2 Å². The highest BCUT2D eigenvalue weighted by molar-refractivity contribution is 7.89. The van der Waals surface area contributed by atoms with Crippen molar-refractivity contribution in [1.29, 1.82) is 0 Å². The Morgan fingerprint density at radius 1 is 1.55 bits per heavy atom. The lowest BCUT2D eigenvalue weighted by atomic mass is 10.2. The van der Waals surface area contributed by atoms with Gasteiger partial charge in [0.15, 0.2) is 0 Å². The summed E-state index contributed by atoms with van der Waals surface area (Å²) in [4.78, 5) is -0.000139. The molecule has 0 amide bonds. The summed E-state index contributed by atoms with van der Waals surface area (Å²) in [5.41, 5.74) is 6.14. The molecule has 0 bridgehead atoms. The minimum Gasteiger partial charge on any atom is -0.495 e. The van der Waals surface area contributed by atoms with Gasteiger partial charge in [-0.2, -0.15) is 0 Å². The van der Waals surface area contributed by atoms with Gasteiger partial charge in [-0.25, -0.2) is 13.1 Å². The van der Waals surface area contributed by atoms with Crippen molar-refractivity contribution in [2.75, 3.05) is 20.3 Å². The lowest BCUT2D eigenvalue weighted by Crippen LogP contribution is -2.35. The van der Waals surface area contributed by atoms with Crippen LogP contribution in [-0.2, 0) is 21.3 Å². The summed E-state index contributed by atoms with van der Waals surface area (Å²) in [7, 11) is -2.33. The van der Waals surface area contributed by atoms with Crippen LogP contribution in [0.2, 0.25) is 5.02 Å². The molecule has 1 unspecified atom stereocenters. The maximum absolute atomic E-state index is 12.4. The van der Waals surface area contributed by atoms with E-state index in [1.807, 2.05) is 0 Å². The van der Waals surface area contributed by atoms with Crippen LogP contribution in [0, 0.1) is 0 Å². The van der Waals surface area contributed by atoms with Crippen LogP contribution in [0.3, 0.4) is 0 Å². The first kappa shape index (κ1) is 15.5. The van der Waals surface area contributed by atoms with Crippen LogP contribution in [0.15, 0.2) is 17.0 Å². The molecule has 1 aromatic carbocycles. The zero-order chi connectivity index (χ0) is 14.8. The molecule has 0 spiro atoms. The lowest BCUT2D eigenvalue weighted by molar-refractivity contribution is 0.192. The van der Waals surface area contributed by atoms with Gasteiger partial charge in [-0.3, -0.25) is 0 Å². The highest BCUT2D eigenvalue weighted by Gasteiger charge is 2.27. The number of hydrogen-bond acceptors (Lipinski definition) is 5. The number of nitrogens with one attached hydrogen (secondary N) is 1. The highest BCUT2D eigenvalue weighted by Crippen LogP contribution is 2.31. The Labute approximate surface area is 123 Å². The van der Waals surface area contributed by atoms with Crippen molar-refractivity contribution in [1.82, 2.24) is 4.72 Å². The van der Waals surface area contributed by atoms with Crippen LogP contribution in [0.5, 0.6) is 5.75 Å². The molecular formula is C12H17ClN2O4S. The fraction of sp³-hybridized carbons (Fsp3) is 0.500. The molecule has 3 N–H and O–H groups in total. The Kier molecular flexibility index (Phi) is 4.87. The molecule has 0 radical (unpaired) electrons. The minimum atomic E-state index is -3.74. The third-order valence-corrected chi connectivity index (χ3v) is 4.81. The molecule has 1 fully saturated rings. The summed E-state index contributed by atoms with van der Waals surface area (Å²) in [6.07, 6.45) is 0.645. The molecule has 112 valence electrons. The Hall–Kier alpha value is -0.860. The molecule has 0 saturated carbocycles. The van der Waals surface area contributed by atoms with Crippen molar-refractivity contribution >= 4 is 21.6 Å². The van der Waals surface area contributed by atoms with Crippen molar-refractivity contribution in [3.8, 4) is 5.75 Å². The van der Waals surface area contributed by atoms with E-state index < -0.39 is 10.0 Å². The molecule has 0 aliphatic carbocycles. The zero-order valence-electron chi connectivity index (χ0n) is 11.1. The Bertz CT molecular complexity index is 585. The van der Waals surface area contributed by atoms with E-state index in [4.69, 9.17) is 26.8 Å². The van der Waals surface area contributed by atoms with Crippen molar-refractivity contribution in [3.63, 3.8) is 0 Å². The van der Waals surface area contributed by atoms with Gasteiger partial charge >= 0.3 is 0 Å². The summed E-state index contributed by atoms with van der Waals surface area (Å²) in [5, 5.41) is 0.300. The molecule has 1 aromatic rings. The Morgan fingerprint density at radius 2 is 2.30 bits per heavy atom. The van der Waals surface area contributed by atoms with Crippen LogP contribution in [0.1, 0.15) is 12.0 Å². The van der Waals surface area contributed by atoms with Gasteiger partial charge in [0, 0.05) is 29.8 Å². The van der Waals surface area contributed by atoms with Gasteiger partial charge in [-0.1, -0.05) is 11.6 Å². The molecule has 2 rings (SSSR count). The van der Waals surface area contributed by atoms with E-state index in [1.54, 1.807) is 6.07 Å². The highest BCUT2D eigenvalue weighted by atomic mass is 35.5. The third-order valence-electron chi connectivity index (χ3n) is 3.06. The average Bonchev–Trinajstić information content (AvgIpc) is 2.89. The Balaban J connectivity index is 2.41. The number of rotatable bonds is 5. The SMILES string of the molecule is COc1c(CN)cc(Cl)cc1S(=O)(=O)NC1CCOC1. The minimum absolute atomic E-state index is 0.000139. The molecule has 1 saturated heterocycles. The van der Waals surface area contributed by atoms with E-state index in [-0.39, 0.29) is 23.2 Å². The largest absolute Gasteiger partial charge is 0.495 e. The third kappa shape index (κ3) is 3.24. The van der Waals surface area contributed by atoms with Crippen molar-refractivity contribution in [3.05, 3.63) is 22.7 Å². The van der Waals surface area contributed by atoms with Crippen LogP contribution >= 0.6 is 11.6 Å². The average molecular weight is 321 g/mol. The number of ether oxygens (including phenoxy) is 2. The molecule has 1 atom stereocenters. The van der Waals surface area contributed by atoms with Gasteiger partial charge in [0.05, 0.1) is 13.7 Å². The van der Waals surface area contributed by atoms with Crippen LogP contribution in [0.25, 0.3) is 0 Å². The first-order valence-corrected chi connectivity index (χ1v) is 8.00. The zero-order valence-corrected chi connectivity index (χ0v) is 12.6. The lowest BCUT2D eigenvalue weighted by Gasteiger charge is -2.16. The van der Waals surface area contributed by atoms with Gasteiger partial charge in [0.2, 0.25) is 10.0 Å². The maximum atomic E-state index is 12.4. The smallest absolute Gasteiger partial charge is 0.244 e. The summed E-state index contributed by atoms with van der Waals surface area (Å²) >= 11 is 5.95. The number of halogens is 1. The number of hydrogen-bond donors (Lipinski definition) is 2. The summed E-state index contributed by atoms with van der Waals surface area (Å²) < 4.78 is 37.8. The standard InChI is InChI=1S/C12H17ClN2O4S/c1-18-12-8(6-14)4-9(13)5-11(12)20(16,17)15-10-2-3-19-7-10/h4-5,10,15H,2-3,6-7,14H2,1H3. The van der Waals surface area contributed by atoms with E-state index in [2.05, 4.69) is 4.72 Å². The predicted molar refractivity (Wildman–Crippen MR) is 75.4 cm³/mol. The molecular weight excluding hydrogens is 304 g/mol. The van der Waals surface area contributed by atoms with Gasteiger partial charge in [-0.15, -0.1) is 0 Å². The molecule has 1 heterocycles. The molecule has 6 nitrogen and oxygen atoms in total. The first-order chi connectivity index (χ1) is 9.47. The Morgan fingerprint density at radius 3 is 2.85 bits per heavy atom. The second-order valence-corrected chi connectivity index (χ2v) is 6.60. The number of benzene rings is 1. The van der Waals surface area contributed by atoms with Crippen molar-refractivity contribution in [2.24, 2.45) is 5.73 Å². The molecule has 1 aliphatic rings. The first-order valence-electron chi connectivity index (χ1n) is 6.14. The summed E-state index contributed by atoms with van der Waals surface area (Å²) in [6, 6.07) is 2.72. The van der Waals surface area contributed by atoms with Crippen molar-refractivity contribution < 1.29 is 17.9 Å². The predicted octanol–water partition coefficient (Wildman–Crippen LogP) is 0.874. The van der Waals surface area contributed by atoms with Gasteiger partial charge in [0.1, 0.15) is 10.6 Å². The summed E-state index contributed by atoms with van der Waals surface area (Å²) in [6.45, 7) is 1.05. The van der Waals surface area contributed by atoms with E-state index >= 15 is 0 Å². The normalized spacial score (nSPS) is 19.2. The van der Waals surface area contributed by atoms with Crippen molar-refractivity contribution in [2.45, 2.75) is 23.9 Å². The van der Waals surface area contributed by atoms with Crippen LogP contribution < -0.4 is 15.2 Å². The van der Waals surface area contributed by atoms with E-state index in [0.717, 1.165) is 0 Å². The van der Waals surface area contributed by atoms with Gasteiger partial charge in [0.25, 0.3) is 0 Å². The van der Waals surface area contributed by atoms with Crippen LogP contribution in [-0.4, -0.2) is 34.8 Å². The molecule has 0 aromatic heterocycles. The monoisotopic (exact) mass is 320 g/mol. The second-order valence-electron chi connectivity index (χ2n) is 4.48. The number of nitrogens with two attached hydrogens (primary N) is 1. The summed E-state index contributed by atoms with van der Waals surface area (Å²) in [5.74, 6) is 0.225.